The van der Waals surface area contributed by atoms with Crippen molar-refractivity contribution in [2.45, 2.75) is 69.6 Å². The number of fused-ring (bicyclic) bond motifs is 2. The summed E-state index contributed by atoms with van der Waals surface area (Å²) >= 11 is 0. The SMILES string of the molecule is COc1cc(-c2cn(C)c(=O)c3cnccc23)cc(OC)c1CN(C)CC(=O)CCCCCN1CCOC2(CCN(c3ccc4c(c3)C(=O)N(C3CCC(=O)NC3=O)C4=O)CC2)C1. The molecular weight excluding hydrogens is 807 g/mol. The van der Waals surface area contributed by atoms with Crippen LogP contribution in [0.15, 0.2) is 59.8 Å². The first-order chi connectivity index (χ1) is 30.4. The molecule has 3 saturated heterocycles. The highest BCUT2D eigenvalue weighted by atomic mass is 16.5. The van der Waals surface area contributed by atoms with Crippen LogP contribution in [0.2, 0.25) is 0 Å². The van der Waals surface area contributed by atoms with Gasteiger partial charge in [-0.05, 0) is 93.0 Å². The topological polar surface area (TPSA) is 173 Å². The maximum absolute atomic E-state index is 13.4. The van der Waals surface area contributed by atoms with Gasteiger partial charge in [0.1, 0.15) is 23.3 Å². The van der Waals surface area contributed by atoms with E-state index in [0.717, 1.165) is 97.5 Å². The van der Waals surface area contributed by atoms with Gasteiger partial charge in [0.2, 0.25) is 11.8 Å². The molecule has 8 rings (SSSR count). The minimum Gasteiger partial charge on any atom is -0.496 e. The van der Waals surface area contributed by atoms with Crippen LogP contribution in [-0.2, 0) is 32.7 Å². The van der Waals surface area contributed by atoms with E-state index in [1.807, 2.05) is 42.4 Å². The van der Waals surface area contributed by atoms with Crippen LogP contribution < -0.4 is 25.2 Å². The number of ether oxygens (including phenoxy) is 3. The Morgan fingerprint density at radius 3 is 2.40 bits per heavy atom. The molecule has 1 spiro atoms. The molecule has 2 aromatic carbocycles. The standard InChI is InChI=1S/C47H55N7O9/c1-50(27-38-40(61-3)22-30(23-41(38)62-4)37-28-51(2)44(58)36-25-48-16-13-33(36)37)26-32(55)8-6-5-7-17-52-20-21-63-47(29-52)14-18-53(19-15-47)31-9-10-34-35(24-31)46(60)54(45(34)59)39-11-12-42(56)49-43(39)57/h9-10,13,16,22-25,28,39H,5-8,11-12,14-15,17-21,26-27,29H2,1-4H3,(H,49,56,57). The molecule has 16 nitrogen and oxygen atoms in total. The zero-order chi connectivity index (χ0) is 44.4. The first-order valence-corrected chi connectivity index (χ1v) is 21.7. The number of methoxy groups -OCH3 is 2. The molecule has 1 unspecified atom stereocenters. The van der Waals surface area contributed by atoms with Gasteiger partial charge < -0.3 is 23.7 Å². The molecule has 4 aromatic rings. The number of amides is 4. The Hall–Kier alpha value is -5.97. The van der Waals surface area contributed by atoms with E-state index in [1.165, 1.54) is 0 Å². The number of aromatic nitrogens is 2. The molecule has 3 fully saturated rings. The molecule has 16 heteroatoms. The summed E-state index contributed by atoms with van der Waals surface area (Å²) in [6.07, 6.45) is 10.2. The Balaban J connectivity index is 0.784. The van der Waals surface area contributed by atoms with Crippen molar-refractivity contribution in [3.63, 3.8) is 0 Å². The van der Waals surface area contributed by atoms with Crippen molar-refractivity contribution in [1.82, 2.24) is 29.6 Å². The van der Waals surface area contributed by atoms with Crippen LogP contribution in [0.1, 0.15) is 77.6 Å². The highest BCUT2D eigenvalue weighted by Gasteiger charge is 2.45. The van der Waals surface area contributed by atoms with Crippen molar-refractivity contribution in [2.75, 3.05) is 72.0 Å². The zero-order valence-corrected chi connectivity index (χ0v) is 36.4. The van der Waals surface area contributed by atoms with Gasteiger partial charge in [0.05, 0.1) is 55.0 Å². The van der Waals surface area contributed by atoms with E-state index in [1.54, 1.807) is 50.4 Å². The minimum absolute atomic E-state index is 0.0796. The number of likely N-dealkylation sites (N-methyl/N-ethyl adjacent to an activating group) is 1. The molecule has 0 aliphatic carbocycles. The third kappa shape index (κ3) is 8.97. The van der Waals surface area contributed by atoms with E-state index in [0.29, 0.717) is 43.0 Å². The quantitative estimate of drug-likeness (QED) is 0.135. The van der Waals surface area contributed by atoms with Gasteiger partial charge in [-0.15, -0.1) is 0 Å². The summed E-state index contributed by atoms with van der Waals surface area (Å²) in [7, 11) is 6.87. The first-order valence-electron chi connectivity index (χ1n) is 21.7. The number of pyridine rings is 2. The monoisotopic (exact) mass is 861 g/mol. The van der Waals surface area contributed by atoms with Gasteiger partial charge in [0.25, 0.3) is 17.4 Å². The summed E-state index contributed by atoms with van der Waals surface area (Å²) in [4.78, 5) is 88.4. The zero-order valence-electron chi connectivity index (χ0n) is 36.4. The van der Waals surface area contributed by atoms with Crippen molar-refractivity contribution in [3.05, 3.63) is 82.0 Å². The molecule has 6 heterocycles. The number of nitrogens with one attached hydrogen (secondary N) is 1. The second kappa shape index (κ2) is 18.4. The number of hydrogen-bond donors (Lipinski definition) is 1. The Labute approximate surface area is 366 Å². The van der Waals surface area contributed by atoms with Crippen molar-refractivity contribution in [3.8, 4) is 22.6 Å². The number of Topliss-reactive ketones (excluding diaryl/α,β-unsaturated/α-hetero) is 1. The highest BCUT2D eigenvalue weighted by Crippen LogP contribution is 2.39. The lowest BCUT2D eigenvalue weighted by Crippen LogP contribution is -2.57. The van der Waals surface area contributed by atoms with E-state index < -0.39 is 29.7 Å². The van der Waals surface area contributed by atoms with Crippen LogP contribution in [-0.4, -0.2) is 132 Å². The van der Waals surface area contributed by atoms with Crippen LogP contribution in [0.4, 0.5) is 5.69 Å². The Morgan fingerprint density at radius 1 is 0.921 bits per heavy atom. The number of nitrogens with zero attached hydrogens (tertiary/aromatic N) is 6. The van der Waals surface area contributed by atoms with Gasteiger partial charge in [0.15, 0.2) is 0 Å². The van der Waals surface area contributed by atoms with Crippen LogP contribution in [0.25, 0.3) is 21.9 Å². The molecule has 4 amide bonds. The van der Waals surface area contributed by atoms with Crippen molar-refractivity contribution < 1.29 is 38.2 Å². The van der Waals surface area contributed by atoms with Crippen LogP contribution in [0.5, 0.6) is 11.5 Å². The number of morpholine rings is 1. The number of benzene rings is 2. The lowest BCUT2D eigenvalue weighted by molar-refractivity contribution is -0.136. The number of unbranched alkanes of at least 4 members (excludes halogenated alkanes) is 2. The second-order valence-electron chi connectivity index (χ2n) is 17.2. The fraction of sp³-hybridized carbons (Fsp3) is 0.468. The average molecular weight is 862 g/mol. The number of anilines is 1. The third-order valence-corrected chi connectivity index (χ3v) is 13.0. The molecule has 0 radical (unpaired) electrons. The molecule has 0 bridgehead atoms. The van der Waals surface area contributed by atoms with Crippen molar-refractivity contribution in [2.24, 2.45) is 7.05 Å². The van der Waals surface area contributed by atoms with E-state index in [4.69, 9.17) is 14.2 Å². The Bertz CT molecular complexity index is 2490. The van der Waals surface area contributed by atoms with Crippen LogP contribution >= 0.6 is 0 Å². The van der Waals surface area contributed by atoms with Crippen molar-refractivity contribution in [1.29, 1.82) is 0 Å². The number of aryl methyl sites for hydroxylation is 1. The highest BCUT2D eigenvalue weighted by molar-refractivity contribution is 6.23. The summed E-state index contributed by atoms with van der Waals surface area (Å²) in [5, 5.41) is 3.56. The number of piperidine rings is 2. The Kier molecular flexibility index (Phi) is 12.8. The van der Waals surface area contributed by atoms with E-state index in [9.17, 15) is 28.8 Å². The number of hydrogen-bond acceptors (Lipinski definition) is 13. The lowest BCUT2D eigenvalue weighted by atomic mass is 9.88. The summed E-state index contributed by atoms with van der Waals surface area (Å²) in [5.74, 6) is -0.585. The summed E-state index contributed by atoms with van der Waals surface area (Å²) in [6, 6.07) is 10.0. The van der Waals surface area contributed by atoms with Crippen LogP contribution in [0, 0.1) is 0 Å². The molecule has 1 atom stereocenters. The second-order valence-corrected chi connectivity index (χ2v) is 17.2. The van der Waals surface area contributed by atoms with E-state index in [2.05, 4.69) is 20.1 Å². The largest absolute Gasteiger partial charge is 0.496 e. The van der Waals surface area contributed by atoms with Gasteiger partial charge in [-0.1, -0.05) is 6.42 Å². The number of ketones is 1. The van der Waals surface area contributed by atoms with Crippen LogP contribution in [0.3, 0.4) is 0 Å². The molecule has 0 saturated carbocycles. The molecule has 63 heavy (non-hydrogen) atoms. The maximum Gasteiger partial charge on any atom is 0.262 e. The normalized spacial score (nSPS) is 19.0. The van der Waals surface area contributed by atoms with E-state index >= 15 is 0 Å². The Morgan fingerprint density at radius 2 is 1.67 bits per heavy atom. The predicted octanol–water partition coefficient (Wildman–Crippen LogP) is 3.95. The fourth-order valence-electron chi connectivity index (χ4n) is 9.62. The number of carbonyl (C=O) groups is 5. The number of carbonyl (C=O) groups excluding carboxylic acids is 5. The van der Waals surface area contributed by atoms with Gasteiger partial charge in [-0.2, -0.15) is 0 Å². The van der Waals surface area contributed by atoms with Gasteiger partial charge in [0, 0.05) is 82.5 Å². The van der Waals surface area contributed by atoms with Gasteiger partial charge in [-0.3, -0.25) is 53.8 Å². The first kappa shape index (κ1) is 43.7. The molecule has 4 aliphatic rings. The summed E-state index contributed by atoms with van der Waals surface area (Å²) in [6.45, 7) is 5.54. The molecule has 2 aromatic heterocycles. The fourth-order valence-corrected chi connectivity index (χ4v) is 9.62. The molecule has 1 N–H and O–H groups in total. The molecule has 4 aliphatic heterocycles. The maximum atomic E-state index is 13.4. The van der Waals surface area contributed by atoms with E-state index in [-0.39, 0.29) is 40.9 Å². The molecular formula is C47H55N7O9. The average Bonchev–Trinajstić information content (AvgIpc) is 3.52. The number of rotatable bonds is 15. The summed E-state index contributed by atoms with van der Waals surface area (Å²) < 4.78 is 19.7. The molecule has 332 valence electrons. The van der Waals surface area contributed by atoms with Gasteiger partial charge in [-0.25, -0.2) is 0 Å². The minimum atomic E-state index is -0.991. The number of imide groups is 2. The van der Waals surface area contributed by atoms with Gasteiger partial charge >= 0.3 is 0 Å². The summed E-state index contributed by atoms with van der Waals surface area (Å²) in [5.41, 5.74) is 3.57. The lowest BCUT2D eigenvalue weighted by Gasteiger charge is -2.48. The smallest absolute Gasteiger partial charge is 0.262 e. The predicted molar refractivity (Wildman–Crippen MR) is 235 cm³/mol. The van der Waals surface area contributed by atoms with Crippen molar-refractivity contribution >= 4 is 45.9 Å². The third-order valence-electron chi connectivity index (χ3n) is 13.0.